The van der Waals surface area contributed by atoms with Crippen molar-refractivity contribution in [2.24, 2.45) is 5.10 Å². The highest BCUT2D eigenvalue weighted by Gasteiger charge is 2.02. The maximum Gasteiger partial charge on any atom is 0.341 e. The Kier molecular flexibility index (Phi) is 6.79. The van der Waals surface area contributed by atoms with Gasteiger partial charge in [-0.1, -0.05) is 11.6 Å². The predicted molar refractivity (Wildman–Crippen MR) is 92.3 cm³/mol. The predicted octanol–water partition coefficient (Wildman–Crippen LogP) is 2.33. The number of halogens is 1. The number of hydrogen-bond donors (Lipinski definition) is 2. The van der Waals surface area contributed by atoms with E-state index in [0.29, 0.717) is 22.1 Å². The molecule has 1 amide bonds. The number of aliphatic carboxylic acids is 1. The highest BCUT2D eigenvalue weighted by Crippen LogP contribution is 2.15. The van der Waals surface area contributed by atoms with Crippen LogP contribution in [0.5, 0.6) is 11.5 Å². The summed E-state index contributed by atoms with van der Waals surface area (Å²) >= 11 is 5.75. The van der Waals surface area contributed by atoms with Gasteiger partial charge in [0.25, 0.3) is 5.91 Å². The molecule has 7 nitrogen and oxygen atoms in total. The first-order valence-corrected chi connectivity index (χ1v) is 7.55. The van der Waals surface area contributed by atoms with Crippen LogP contribution in [0, 0.1) is 0 Å². The smallest absolute Gasteiger partial charge is 0.341 e. The van der Waals surface area contributed by atoms with Crippen molar-refractivity contribution < 1.29 is 24.2 Å². The minimum atomic E-state index is -1.05. The molecule has 2 aromatic carbocycles. The molecule has 2 rings (SSSR count). The van der Waals surface area contributed by atoms with E-state index in [1.807, 2.05) is 0 Å². The van der Waals surface area contributed by atoms with Crippen LogP contribution in [0.15, 0.2) is 53.6 Å². The van der Waals surface area contributed by atoms with Crippen molar-refractivity contribution in [2.75, 3.05) is 13.2 Å². The van der Waals surface area contributed by atoms with Gasteiger partial charge in [-0.2, -0.15) is 5.10 Å². The molecule has 0 fully saturated rings. The Morgan fingerprint density at radius 2 is 1.56 bits per heavy atom. The molecular weight excluding hydrogens is 348 g/mol. The number of hydrazone groups is 1. The number of nitrogens with one attached hydrogen (secondary N) is 1. The number of amides is 1. The molecule has 2 aromatic rings. The number of nitrogens with zero attached hydrogens (tertiary/aromatic N) is 1. The summed E-state index contributed by atoms with van der Waals surface area (Å²) in [5, 5.41) is 12.9. The number of carboxylic acid groups (broad SMARTS) is 1. The number of carboxylic acids is 1. The van der Waals surface area contributed by atoms with Crippen molar-refractivity contribution in [3.05, 3.63) is 59.1 Å². The molecule has 8 heteroatoms. The van der Waals surface area contributed by atoms with Crippen LogP contribution in [0.2, 0.25) is 5.02 Å². The second-order valence-electron chi connectivity index (χ2n) is 4.79. The second kappa shape index (κ2) is 9.29. The molecule has 0 spiro atoms. The van der Waals surface area contributed by atoms with E-state index in [-0.39, 0.29) is 6.61 Å². The number of ether oxygens (including phenoxy) is 2. The summed E-state index contributed by atoms with van der Waals surface area (Å²) < 4.78 is 10.3. The third-order valence-electron chi connectivity index (χ3n) is 2.83. The molecule has 0 aliphatic carbocycles. The molecule has 130 valence electrons. The van der Waals surface area contributed by atoms with Crippen LogP contribution in [0.25, 0.3) is 0 Å². The minimum Gasteiger partial charge on any atom is -0.484 e. The van der Waals surface area contributed by atoms with E-state index in [1.54, 1.807) is 48.5 Å². The lowest BCUT2D eigenvalue weighted by molar-refractivity contribution is -0.139. The molecular formula is C17H15ClN2O5. The highest BCUT2D eigenvalue weighted by atomic mass is 35.5. The van der Waals surface area contributed by atoms with Crippen LogP contribution in [-0.2, 0) is 9.59 Å². The van der Waals surface area contributed by atoms with Crippen molar-refractivity contribution in [1.82, 2.24) is 5.43 Å². The SMILES string of the molecule is O=C(O)COc1ccc(/C=N/NC(=O)COc2ccc(Cl)cc2)cc1. The van der Waals surface area contributed by atoms with Crippen molar-refractivity contribution >= 4 is 29.7 Å². The summed E-state index contributed by atoms with van der Waals surface area (Å²) in [5.74, 6) is -0.498. The average Bonchev–Trinajstić information content (AvgIpc) is 2.60. The first-order valence-electron chi connectivity index (χ1n) is 7.18. The third kappa shape index (κ3) is 6.92. The fourth-order valence-corrected chi connectivity index (χ4v) is 1.81. The summed E-state index contributed by atoms with van der Waals surface area (Å²) in [7, 11) is 0. The zero-order valence-corrected chi connectivity index (χ0v) is 13.8. The van der Waals surface area contributed by atoms with Crippen LogP contribution in [-0.4, -0.2) is 36.4 Å². The molecule has 25 heavy (non-hydrogen) atoms. The third-order valence-corrected chi connectivity index (χ3v) is 3.08. The normalized spacial score (nSPS) is 10.4. The Morgan fingerprint density at radius 1 is 1.00 bits per heavy atom. The standard InChI is InChI=1S/C17H15ClN2O5/c18-13-3-7-15(8-4-13)24-10-16(21)20-19-9-12-1-5-14(6-2-12)25-11-17(22)23/h1-9H,10-11H2,(H,20,21)(H,22,23)/b19-9+. The lowest BCUT2D eigenvalue weighted by atomic mass is 10.2. The fraction of sp³-hybridized carbons (Fsp3) is 0.118. The Hall–Kier alpha value is -3.06. The van der Waals surface area contributed by atoms with E-state index in [4.69, 9.17) is 26.2 Å². The summed E-state index contributed by atoms with van der Waals surface area (Å²) in [6, 6.07) is 13.2. The van der Waals surface area contributed by atoms with Crippen molar-refractivity contribution in [1.29, 1.82) is 0 Å². The molecule has 0 saturated carbocycles. The Morgan fingerprint density at radius 3 is 2.16 bits per heavy atom. The monoisotopic (exact) mass is 362 g/mol. The van der Waals surface area contributed by atoms with Crippen LogP contribution in [0.3, 0.4) is 0 Å². The zero-order valence-electron chi connectivity index (χ0n) is 13.0. The molecule has 0 heterocycles. The first kappa shape index (κ1) is 18.3. The maximum absolute atomic E-state index is 11.6. The van der Waals surface area contributed by atoms with E-state index < -0.39 is 18.5 Å². The first-order chi connectivity index (χ1) is 12.0. The molecule has 2 N–H and O–H groups in total. The Balaban J connectivity index is 1.74. The molecule has 0 saturated heterocycles. The number of rotatable bonds is 8. The molecule has 0 unspecified atom stereocenters. The van der Waals surface area contributed by atoms with E-state index in [1.165, 1.54) is 6.21 Å². The number of hydrogen-bond acceptors (Lipinski definition) is 5. The Labute approximate surface area is 148 Å². The fourth-order valence-electron chi connectivity index (χ4n) is 1.69. The van der Waals surface area contributed by atoms with Crippen LogP contribution in [0.4, 0.5) is 0 Å². The average molecular weight is 363 g/mol. The summed E-state index contributed by atoms with van der Waals surface area (Å²) in [6.07, 6.45) is 1.45. The Bertz CT molecular complexity index is 745. The molecule has 0 bridgehead atoms. The lowest BCUT2D eigenvalue weighted by Crippen LogP contribution is -2.24. The molecule has 0 atom stereocenters. The van der Waals surface area contributed by atoms with Crippen molar-refractivity contribution in [2.45, 2.75) is 0 Å². The maximum atomic E-state index is 11.6. The number of carbonyl (C=O) groups excluding carboxylic acids is 1. The highest BCUT2D eigenvalue weighted by molar-refractivity contribution is 6.30. The van der Waals surface area contributed by atoms with Gasteiger partial charge in [0.05, 0.1) is 6.21 Å². The van der Waals surface area contributed by atoms with Gasteiger partial charge in [0, 0.05) is 5.02 Å². The molecule has 0 aliphatic rings. The van der Waals surface area contributed by atoms with Crippen LogP contribution in [0.1, 0.15) is 5.56 Å². The van der Waals surface area contributed by atoms with E-state index >= 15 is 0 Å². The topological polar surface area (TPSA) is 97.2 Å². The van der Waals surface area contributed by atoms with Gasteiger partial charge in [-0.25, -0.2) is 10.2 Å². The summed E-state index contributed by atoms with van der Waals surface area (Å²) in [6.45, 7) is -0.585. The van der Waals surface area contributed by atoms with Crippen LogP contribution >= 0.6 is 11.6 Å². The van der Waals surface area contributed by atoms with Gasteiger partial charge in [0.15, 0.2) is 13.2 Å². The van der Waals surface area contributed by atoms with Gasteiger partial charge in [0.2, 0.25) is 0 Å². The largest absolute Gasteiger partial charge is 0.484 e. The number of benzene rings is 2. The second-order valence-corrected chi connectivity index (χ2v) is 5.22. The van der Waals surface area contributed by atoms with Gasteiger partial charge in [-0.05, 0) is 54.1 Å². The molecule has 0 radical (unpaired) electrons. The van der Waals surface area contributed by atoms with Gasteiger partial charge < -0.3 is 14.6 Å². The van der Waals surface area contributed by atoms with Crippen molar-refractivity contribution in [3.63, 3.8) is 0 Å². The summed E-state index contributed by atoms with van der Waals surface area (Å²) in [4.78, 5) is 22.0. The van der Waals surface area contributed by atoms with Gasteiger partial charge in [-0.3, -0.25) is 4.79 Å². The quantitative estimate of drug-likeness (QED) is 0.555. The van der Waals surface area contributed by atoms with Gasteiger partial charge in [0.1, 0.15) is 11.5 Å². The number of carbonyl (C=O) groups is 2. The van der Waals surface area contributed by atoms with E-state index in [0.717, 1.165) is 0 Å². The van der Waals surface area contributed by atoms with Crippen LogP contribution < -0.4 is 14.9 Å². The minimum absolute atomic E-state index is 0.180. The van der Waals surface area contributed by atoms with Gasteiger partial charge >= 0.3 is 5.97 Å². The van der Waals surface area contributed by atoms with Gasteiger partial charge in [-0.15, -0.1) is 0 Å². The zero-order chi connectivity index (χ0) is 18.1. The lowest BCUT2D eigenvalue weighted by Gasteiger charge is -2.05. The van der Waals surface area contributed by atoms with E-state index in [9.17, 15) is 9.59 Å². The van der Waals surface area contributed by atoms with Crippen molar-refractivity contribution in [3.8, 4) is 11.5 Å². The summed E-state index contributed by atoms with van der Waals surface area (Å²) in [5.41, 5.74) is 3.05. The molecule has 0 aromatic heterocycles. The molecule has 0 aliphatic heterocycles. The van der Waals surface area contributed by atoms with E-state index in [2.05, 4.69) is 10.5 Å².